The molecule has 0 unspecified atom stereocenters. The molecule has 1 saturated carbocycles. The number of anilines is 1. The Balaban J connectivity index is 1.65. The van der Waals surface area contributed by atoms with Gasteiger partial charge < -0.3 is 15.1 Å². The molecule has 5 nitrogen and oxygen atoms in total. The molecule has 0 radical (unpaired) electrons. The lowest BCUT2D eigenvalue weighted by Crippen LogP contribution is -2.48. The summed E-state index contributed by atoms with van der Waals surface area (Å²) >= 11 is 0. The Morgan fingerprint density at radius 1 is 1.04 bits per heavy atom. The molecule has 0 spiro atoms. The summed E-state index contributed by atoms with van der Waals surface area (Å²) in [5.74, 6) is 0.121. The van der Waals surface area contributed by atoms with Gasteiger partial charge in [-0.15, -0.1) is 0 Å². The number of nitrogens with one attached hydrogen (secondary N) is 1. The molecule has 0 aromatic heterocycles. The molecule has 154 valence electrons. The van der Waals surface area contributed by atoms with Crippen LogP contribution in [-0.4, -0.2) is 53.3 Å². The fourth-order valence-electron chi connectivity index (χ4n) is 3.88. The van der Waals surface area contributed by atoms with Gasteiger partial charge in [-0.2, -0.15) is 0 Å². The minimum absolute atomic E-state index is 0.0231. The van der Waals surface area contributed by atoms with Gasteiger partial charge in [0.2, 0.25) is 5.91 Å². The second-order valence-electron chi connectivity index (χ2n) is 9.30. The Bertz CT molecular complexity index is 681. The average molecular weight is 386 g/mol. The van der Waals surface area contributed by atoms with E-state index in [4.69, 9.17) is 0 Å². The fraction of sp³-hybridized carbons (Fsp3) is 0.652. The predicted octanol–water partition coefficient (Wildman–Crippen LogP) is 4.15. The van der Waals surface area contributed by atoms with Gasteiger partial charge in [0.15, 0.2) is 0 Å². The molecule has 28 heavy (non-hydrogen) atoms. The van der Waals surface area contributed by atoms with Crippen molar-refractivity contribution in [2.24, 2.45) is 5.41 Å². The first kappa shape index (κ1) is 20.8. The van der Waals surface area contributed by atoms with Crippen molar-refractivity contribution in [1.82, 2.24) is 9.80 Å². The van der Waals surface area contributed by atoms with Crippen LogP contribution in [0.3, 0.4) is 0 Å². The highest BCUT2D eigenvalue weighted by molar-refractivity contribution is 5.97. The van der Waals surface area contributed by atoms with Gasteiger partial charge in [-0.25, -0.2) is 0 Å². The quantitative estimate of drug-likeness (QED) is 0.800. The van der Waals surface area contributed by atoms with Gasteiger partial charge in [0.05, 0.1) is 0 Å². The highest BCUT2D eigenvalue weighted by atomic mass is 16.2. The van der Waals surface area contributed by atoms with Gasteiger partial charge in [0.1, 0.15) is 0 Å². The van der Waals surface area contributed by atoms with Crippen LogP contribution in [0.1, 0.15) is 70.2 Å². The van der Waals surface area contributed by atoms with Crippen LogP contribution >= 0.6 is 0 Å². The summed E-state index contributed by atoms with van der Waals surface area (Å²) in [6, 6.07) is 8.14. The van der Waals surface area contributed by atoms with Crippen molar-refractivity contribution in [2.45, 2.75) is 71.9 Å². The highest BCUT2D eigenvalue weighted by Crippen LogP contribution is 2.33. The molecule has 1 aliphatic carbocycles. The molecular formula is C23H35N3O2. The second-order valence-corrected chi connectivity index (χ2v) is 9.30. The molecule has 1 aromatic rings. The summed E-state index contributed by atoms with van der Waals surface area (Å²) < 4.78 is 0. The van der Waals surface area contributed by atoms with E-state index < -0.39 is 5.41 Å². The van der Waals surface area contributed by atoms with E-state index in [1.807, 2.05) is 45.0 Å². The summed E-state index contributed by atoms with van der Waals surface area (Å²) in [6.07, 6.45) is 5.58. The van der Waals surface area contributed by atoms with E-state index in [9.17, 15) is 9.59 Å². The highest BCUT2D eigenvalue weighted by Gasteiger charge is 2.38. The molecule has 1 saturated heterocycles. The lowest BCUT2D eigenvalue weighted by molar-refractivity contribution is -0.123. The number of carbonyl (C=O) groups excluding carboxylic acids is 2. The van der Waals surface area contributed by atoms with Crippen LogP contribution in [-0.2, 0) is 4.79 Å². The number of hydrogen-bond donors (Lipinski definition) is 1. The largest absolute Gasteiger partial charge is 0.333 e. The molecule has 1 aromatic carbocycles. The lowest BCUT2D eigenvalue weighted by Gasteiger charge is -2.39. The second kappa shape index (κ2) is 8.64. The van der Waals surface area contributed by atoms with Crippen LogP contribution in [0, 0.1) is 5.41 Å². The predicted molar refractivity (Wildman–Crippen MR) is 113 cm³/mol. The number of rotatable bonds is 6. The van der Waals surface area contributed by atoms with E-state index in [0.29, 0.717) is 12.1 Å². The summed E-state index contributed by atoms with van der Waals surface area (Å²) in [7, 11) is 0. The van der Waals surface area contributed by atoms with Crippen molar-refractivity contribution >= 4 is 17.5 Å². The third-order valence-electron chi connectivity index (χ3n) is 5.74. The molecule has 1 N–H and O–H groups in total. The Labute approximate surface area is 169 Å². The van der Waals surface area contributed by atoms with E-state index >= 15 is 0 Å². The average Bonchev–Trinajstić information content (AvgIpc) is 3.48. The van der Waals surface area contributed by atoms with Gasteiger partial charge in [0.25, 0.3) is 5.91 Å². The van der Waals surface area contributed by atoms with Crippen molar-refractivity contribution in [3.8, 4) is 0 Å². The summed E-state index contributed by atoms with van der Waals surface area (Å²) in [6.45, 7) is 11.2. The molecule has 2 aliphatic rings. The Morgan fingerprint density at radius 3 is 2.11 bits per heavy atom. The van der Waals surface area contributed by atoms with Gasteiger partial charge in [-0.1, -0.05) is 27.7 Å². The molecular weight excluding hydrogens is 350 g/mol. The lowest BCUT2D eigenvalue weighted by atomic mass is 9.95. The number of nitrogens with zero attached hydrogens (tertiary/aromatic N) is 2. The summed E-state index contributed by atoms with van der Waals surface area (Å²) in [5, 5.41) is 2.92. The zero-order valence-corrected chi connectivity index (χ0v) is 17.8. The normalized spacial score (nSPS) is 18.7. The van der Waals surface area contributed by atoms with Crippen LogP contribution in [0.5, 0.6) is 0 Å². The van der Waals surface area contributed by atoms with Gasteiger partial charge in [0, 0.05) is 41.8 Å². The maximum atomic E-state index is 13.3. The first-order chi connectivity index (χ1) is 13.3. The third-order valence-corrected chi connectivity index (χ3v) is 5.74. The topological polar surface area (TPSA) is 52.6 Å². The standard InChI is InChI=1S/C23H35N3O2/c1-5-14-25-15-12-20(13-16-25)26(19-10-11-19)21(27)17-6-8-18(9-7-17)24-22(28)23(2,3)4/h6-9,19-20H,5,10-16H2,1-4H3,(H,24,28). The maximum absolute atomic E-state index is 13.3. The van der Waals surface area contributed by atoms with E-state index in [0.717, 1.165) is 56.6 Å². The minimum atomic E-state index is -0.441. The summed E-state index contributed by atoms with van der Waals surface area (Å²) in [5.41, 5.74) is 1.02. The van der Waals surface area contributed by atoms with Crippen molar-refractivity contribution in [3.05, 3.63) is 29.8 Å². The number of carbonyl (C=O) groups is 2. The van der Waals surface area contributed by atoms with Crippen molar-refractivity contribution in [2.75, 3.05) is 25.0 Å². The van der Waals surface area contributed by atoms with Crippen LogP contribution in [0.4, 0.5) is 5.69 Å². The molecule has 2 fully saturated rings. The molecule has 2 amide bonds. The zero-order chi connectivity index (χ0) is 20.3. The Morgan fingerprint density at radius 2 is 1.61 bits per heavy atom. The smallest absolute Gasteiger partial charge is 0.254 e. The first-order valence-electron chi connectivity index (χ1n) is 10.8. The number of benzene rings is 1. The molecule has 1 heterocycles. The molecule has 0 atom stereocenters. The molecule has 0 bridgehead atoms. The van der Waals surface area contributed by atoms with E-state index in [1.165, 1.54) is 6.42 Å². The molecule has 1 aliphatic heterocycles. The third kappa shape index (κ3) is 5.13. The van der Waals surface area contributed by atoms with Crippen LogP contribution in [0.2, 0.25) is 0 Å². The number of hydrogen-bond acceptors (Lipinski definition) is 3. The van der Waals surface area contributed by atoms with Crippen molar-refractivity contribution in [1.29, 1.82) is 0 Å². The monoisotopic (exact) mass is 385 g/mol. The molecule has 5 heteroatoms. The number of likely N-dealkylation sites (tertiary alicyclic amines) is 1. The SMILES string of the molecule is CCCN1CCC(N(C(=O)c2ccc(NC(=O)C(C)(C)C)cc2)C2CC2)CC1. The Kier molecular flexibility index (Phi) is 6.43. The zero-order valence-electron chi connectivity index (χ0n) is 17.8. The van der Waals surface area contributed by atoms with Crippen LogP contribution in [0.25, 0.3) is 0 Å². The number of amides is 2. The van der Waals surface area contributed by atoms with E-state index in [1.54, 1.807) is 0 Å². The maximum Gasteiger partial charge on any atom is 0.254 e. The van der Waals surface area contributed by atoms with Crippen LogP contribution in [0.15, 0.2) is 24.3 Å². The van der Waals surface area contributed by atoms with Crippen molar-refractivity contribution in [3.63, 3.8) is 0 Å². The van der Waals surface area contributed by atoms with Gasteiger partial charge in [-0.05, 0) is 62.9 Å². The summed E-state index contributed by atoms with van der Waals surface area (Å²) in [4.78, 5) is 30.1. The van der Waals surface area contributed by atoms with Crippen LogP contribution < -0.4 is 5.32 Å². The molecule has 3 rings (SSSR count). The minimum Gasteiger partial charge on any atom is -0.333 e. The van der Waals surface area contributed by atoms with Gasteiger partial charge in [-0.3, -0.25) is 9.59 Å². The first-order valence-corrected chi connectivity index (χ1v) is 10.8. The number of piperidine rings is 1. The van der Waals surface area contributed by atoms with Gasteiger partial charge >= 0.3 is 0 Å². The van der Waals surface area contributed by atoms with Crippen molar-refractivity contribution < 1.29 is 9.59 Å². The van der Waals surface area contributed by atoms with E-state index in [2.05, 4.69) is 22.0 Å². The Hall–Kier alpha value is -1.88. The van der Waals surface area contributed by atoms with E-state index in [-0.39, 0.29) is 11.8 Å². The fourth-order valence-corrected chi connectivity index (χ4v) is 3.88.